The predicted molar refractivity (Wildman–Crippen MR) is 56.8 cm³/mol. The summed E-state index contributed by atoms with van der Waals surface area (Å²) < 4.78 is 1.17. The lowest BCUT2D eigenvalue weighted by molar-refractivity contribution is 0.274. The maximum Gasteiger partial charge on any atom is 0.0465 e. The van der Waals surface area contributed by atoms with E-state index in [0.29, 0.717) is 18.4 Å². The lowest BCUT2D eigenvalue weighted by Crippen LogP contribution is -1.89. The fourth-order valence-corrected chi connectivity index (χ4v) is 2.09. The van der Waals surface area contributed by atoms with Crippen molar-refractivity contribution in [1.82, 2.24) is 0 Å². The molecule has 2 heteroatoms. The van der Waals surface area contributed by atoms with Gasteiger partial charge in [0.1, 0.15) is 0 Å². The van der Waals surface area contributed by atoms with Gasteiger partial charge in [0.2, 0.25) is 0 Å². The minimum absolute atomic E-state index is 0.330. The predicted octanol–water partition coefficient (Wildman–Crippen LogP) is 2.85. The molecule has 13 heavy (non-hydrogen) atoms. The van der Waals surface area contributed by atoms with Crippen molar-refractivity contribution in [3.8, 4) is 0 Å². The van der Waals surface area contributed by atoms with Gasteiger partial charge in [-0.05, 0) is 42.4 Å². The van der Waals surface area contributed by atoms with Crippen LogP contribution in [0.4, 0.5) is 0 Å². The van der Waals surface area contributed by atoms with Gasteiger partial charge in [0.05, 0.1) is 0 Å². The molecule has 1 N–H and O–H groups in total. The Hall–Kier alpha value is -0.340. The van der Waals surface area contributed by atoms with Crippen molar-refractivity contribution >= 4 is 15.9 Å². The second-order valence-corrected chi connectivity index (χ2v) is 4.65. The largest absolute Gasteiger partial charge is 0.396 e. The average molecular weight is 241 g/mol. The van der Waals surface area contributed by atoms with Gasteiger partial charge in [-0.3, -0.25) is 0 Å². The van der Waals surface area contributed by atoms with Gasteiger partial charge >= 0.3 is 0 Å². The Kier molecular flexibility index (Phi) is 2.43. The Bertz CT molecular complexity index is 322. The summed E-state index contributed by atoms with van der Waals surface area (Å²) in [5.41, 5.74) is 2.63. The summed E-state index contributed by atoms with van der Waals surface area (Å²) in [6, 6.07) is 6.47. The molecule has 1 nitrogen and oxygen atoms in total. The first-order valence-electron chi connectivity index (χ1n) is 4.59. The summed E-state index contributed by atoms with van der Waals surface area (Å²) in [6.07, 6.45) is 1.14. The molecule has 0 aliphatic heterocycles. The molecule has 2 unspecified atom stereocenters. The molecule has 0 heterocycles. The van der Waals surface area contributed by atoms with Crippen molar-refractivity contribution in [2.75, 3.05) is 6.61 Å². The highest BCUT2D eigenvalue weighted by molar-refractivity contribution is 9.10. The molecule has 0 aromatic heterocycles. The molecular formula is C11H13BrO. The van der Waals surface area contributed by atoms with Crippen LogP contribution in [0.5, 0.6) is 0 Å². The summed E-state index contributed by atoms with van der Waals surface area (Å²) in [6.45, 7) is 2.42. The van der Waals surface area contributed by atoms with Crippen molar-refractivity contribution in [3.63, 3.8) is 0 Å². The second kappa shape index (κ2) is 3.43. The highest BCUT2D eigenvalue weighted by atomic mass is 79.9. The number of aliphatic hydroxyl groups is 1. The van der Waals surface area contributed by atoms with E-state index in [1.165, 1.54) is 15.6 Å². The van der Waals surface area contributed by atoms with E-state index in [9.17, 15) is 0 Å². The molecule has 0 bridgehead atoms. The molecule has 2 atom stereocenters. The van der Waals surface area contributed by atoms with E-state index in [1.54, 1.807) is 0 Å². The van der Waals surface area contributed by atoms with Gasteiger partial charge in [0.15, 0.2) is 0 Å². The quantitative estimate of drug-likeness (QED) is 0.844. The summed E-state index contributed by atoms with van der Waals surface area (Å²) in [4.78, 5) is 0. The maximum atomic E-state index is 8.95. The van der Waals surface area contributed by atoms with Crippen LogP contribution in [0.3, 0.4) is 0 Å². The molecule has 0 radical (unpaired) electrons. The van der Waals surface area contributed by atoms with Gasteiger partial charge in [0.25, 0.3) is 0 Å². The highest BCUT2D eigenvalue weighted by Gasteiger charge is 2.37. The standard InChI is InChI=1S/C11H13BrO/c1-7-2-3-8(5-11(7)12)10-4-9(10)6-13/h2-3,5,9-10,13H,4,6H2,1H3. The van der Waals surface area contributed by atoms with Gasteiger partial charge in [-0.15, -0.1) is 0 Å². The van der Waals surface area contributed by atoms with Crippen molar-refractivity contribution < 1.29 is 5.11 Å². The lowest BCUT2D eigenvalue weighted by atomic mass is 10.1. The van der Waals surface area contributed by atoms with Gasteiger partial charge in [-0.1, -0.05) is 28.1 Å². The van der Waals surface area contributed by atoms with Crippen LogP contribution in [0.25, 0.3) is 0 Å². The first-order chi connectivity index (χ1) is 6.22. The monoisotopic (exact) mass is 240 g/mol. The number of hydrogen-bond acceptors (Lipinski definition) is 1. The fourth-order valence-electron chi connectivity index (χ4n) is 1.70. The zero-order valence-electron chi connectivity index (χ0n) is 7.63. The van der Waals surface area contributed by atoms with E-state index in [2.05, 4.69) is 41.1 Å². The minimum atomic E-state index is 0.330. The normalized spacial score (nSPS) is 26.1. The van der Waals surface area contributed by atoms with Crippen molar-refractivity contribution in [3.05, 3.63) is 33.8 Å². The molecule has 0 amide bonds. The van der Waals surface area contributed by atoms with Gasteiger partial charge in [-0.25, -0.2) is 0 Å². The SMILES string of the molecule is Cc1ccc(C2CC2CO)cc1Br. The van der Waals surface area contributed by atoms with Gasteiger partial charge < -0.3 is 5.11 Å². The molecule has 0 saturated heterocycles. The summed E-state index contributed by atoms with van der Waals surface area (Å²) in [5, 5.41) is 8.95. The number of hydrogen-bond donors (Lipinski definition) is 1. The summed E-state index contributed by atoms with van der Waals surface area (Å²) in [7, 11) is 0. The van der Waals surface area contributed by atoms with E-state index in [1.807, 2.05) is 0 Å². The summed E-state index contributed by atoms with van der Waals surface area (Å²) in [5.74, 6) is 1.11. The Morgan fingerprint density at radius 2 is 2.31 bits per heavy atom. The van der Waals surface area contributed by atoms with Crippen LogP contribution in [-0.4, -0.2) is 11.7 Å². The molecule has 70 valence electrons. The Labute approximate surface area is 86.9 Å². The zero-order valence-corrected chi connectivity index (χ0v) is 9.21. The van der Waals surface area contributed by atoms with E-state index >= 15 is 0 Å². The molecule has 1 fully saturated rings. The Morgan fingerprint density at radius 3 is 2.85 bits per heavy atom. The molecule has 2 rings (SSSR count). The number of halogens is 1. The second-order valence-electron chi connectivity index (χ2n) is 3.79. The van der Waals surface area contributed by atoms with E-state index in [-0.39, 0.29) is 0 Å². The van der Waals surface area contributed by atoms with E-state index in [4.69, 9.17) is 5.11 Å². The van der Waals surface area contributed by atoms with Crippen molar-refractivity contribution in [2.45, 2.75) is 19.3 Å². The van der Waals surface area contributed by atoms with Gasteiger partial charge in [-0.2, -0.15) is 0 Å². The first-order valence-corrected chi connectivity index (χ1v) is 5.38. The topological polar surface area (TPSA) is 20.2 Å². The molecule has 1 aromatic rings. The van der Waals surface area contributed by atoms with Crippen molar-refractivity contribution in [1.29, 1.82) is 0 Å². The van der Waals surface area contributed by atoms with Crippen LogP contribution in [-0.2, 0) is 0 Å². The first kappa shape index (κ1) is 9.22. The third-order valence-corrected chi connectivity index (χ3v) is 3.64. The van der Waals surface area contributed by atoms with Crippen LogP contribution in [0.15, 0.2) is 22.7 Å². The van der Waals surface area contributed by atoms with Crippen molar-refractivity contribution in [2.24, 2.45) is 5.92 Å². The van der Waals surface area contributed by atoms with E-state index in [0.717, 1.165) is 6.42 Å². The third-order valence-electron chi connectivity index (χ3n) is 2.78. The molecule has 1 aromatic carbocycles. The zero-order chi connectivity index (χ0) is 9.42. The number of rotatable bonds is 2. The Morgan fingerprint density at radius 1 is 1.54 bits per heavy atom. The van der Waals surface area contributed by atoms with Crippen LogP contribution >= 0.6 is 15.9 Å². The van der Waals surface area contributed by atoms with Gasteiger partial charge in [0, 0.05) is 11.1 Å². The third kappa shape index (κ3) is 1.79. The molecule has 0 spiro atoms. The smallest absolute Gasteiger partial charge is 0.0465 e. The highest BCUT2D eigenvalue weighted by Crippen LogP contribution is 2.47. The number of benzene rings is 1. The summed E-state index contributed by atoms with van der Waals surface area (Å²) >= 11 is 3.52. The van der Waals surface area contributed by atoms with Crippen LogP contribution in [0.2, 0.25) is 0 Å². The fraction of sp³-hybridized carbons (Fsp3) is 0.455. The molecule has 1 aliphatic rings. The average Bonchev–Trinajstić information content (AvgIpc) is 2.88. The Balaban J connectivity index is 2.19. The van der Waals surface area contributed by atoms with Crippen LogP contribution in [0, 0.1) is 12.8 Å². The number of aryl methyl sites for hydroxylation is 1. The maximum absolute atomic E-state index is 8.95. The van der Waals surface area contributed by atoms with Crippen LogP contribution < -0.4 is 0 Å². The molecular weight excluding hydrogens is 228 g/mol. The number of aliphatic hydroxyl groups excluding tert-OH is 1. The van der Waals surface area contributed by atoms with Crippen LogP contribution in [0.1, 0.15) is 23.5 Å². The molecule has 1 aliphatic carbocycles. The lowest BCUT2D eigenvalue weighted by Gasteiger charge is -2.02. The molecule has 1 saturated carbocycles. The minimum Gasteiger partial charge on any atom is -0.396 e. The van der Waals surface area contributed by atoms with E-state index < -0.39 is 0 Å².